The SMILES string of the molecule is COc1ccc(CN(C(=O)CN(c2cc(C)cc(C)c2)S(=O)(=O)c2ccc(C)cc2)[C@H](C)C(=O)NC(C)C)cc1. The second kappa shape index (κ2) is 13.0. The van der Waals surface area contributed by atoms with Crippen LogP contribution in [-0.4, -0.2) is 50.9 Å². The monoisotopic (exact) mass is 565 g/mol. The molecule has 2 amide bonds. The van der Waals surface area contributed by atoms with E-state index >= 15 is 0 Å². The zero-order valence-electron chi connectivity index (χ0n) is 24.3. The van der Waals surface area contributed by atoms with Gasteiger partial charge in [-0.2, -0.15) is 0 Å². The molecule has 0 radical (unpaired) electrons. The van der Waals surface area contributed by atoms with Gasteiger partial charge in [-0.25, -0.2) is 8.42 Å². The number of aryl methyl sites for hydroxylation is 3. The van der Waals surface area contributed by atoms with Gasteiger partial charge in [0.05, 0.1) is 17.7 Å². The minimum Gasteiger partial charge on any atom is -0.497 e. The van der Waals surface area contributed by atoms with Crippen molar-refractivity contribution >= 4 is 27.5 Å². The summed E-state index contributed by atoms with van der Waals surface area (Å²) in [5.41, 5.74) is 3.81. The van der Waals surface area contributed by atoms with Crippen LogP contribution in [-0.2, 0) is 26.2 Å². The van der Waals surface area contributed by atoms with Crippen LogP contribution in [0.4, 0.5) is 5.69 Å². The van der Waals surface area contributed by atoms with E-state index in [9.17, 15) is 18.0 Å². The van der Waals surface area contributed by atoms with Gasteiger partial charge in [-0.3, -0.25) is 13.9 Å². The number of rotatable bonds is 11. The zero-order chi connectivity index (χ0) is 29.6. The number of carbonyl (C=O) groups excluding carboxylic acids is 2. The lowest BCUT2D eigenvalue weighted by Crippen LogP contribution is -2.52. The van der Waals surface area contributed by atoms with Crippen LogP contribution >= 0.6 is 0 Å². The minimum atomic E-state index is -4.11. The first-order valence-corrected chi connectivity index (χ1v) is 14.7. The summed E-state index contributed by atoms with van der Waals surface area (Å²) in [4.78, 5) is 28.5. The molecule has 9 heteroatoms. The Hall–Kier alpha value is -3.85. The van der Waals surface area contributed by atoms with Gasteiger partial charge in [0.25, 0.3) is 10.0 Å². The Morgan fingerprint density at radius 3 is 1.95 bits per heavy atom. The molecule has 214 valence electrons. The van der Waals surface area contributed by atoms with Crippen LogP contribution in [0.2, 0.25) is 0 Å². The molecule has 1 atom stereocenters. The van der Waals surface area contributed by atoms with Crippen molar-refractivity contribution in [1.82, 2.24) is 10.2 Å². The number of methoxy groups -OCH3 is 1. The molecule has 3 rings (SSSR count). The zero-order valence-corrected chi connectivity index (χ0v) is 25.1. The lowest BCUT2D eigenvalue weighted by Gasteiger charge is -2.32. The fraction of sp³-hybridized carbons (Fsp3) is 0.355. The first-order chi connectivity index (χ1) is 18.8. The number of hydrogen-bond acceptors (Lipinski definition) is 5. The third-order valence-electron chi connectivity index (χ3n) is 6.49. The normalized spacial score (nSPS) is 12.1. The Labute approximate surface area is 238 Å². The average molecular weight is 566 g/mol. The Morgan fingerprint density at radius 2 is 1.43 bits per heavy atom. The molecule has 0 saturated heterocycles. The van der Waals surface area contributed by atoms with Crippen LogP contribution in [0, 0.1) is 20.8 Å². The quantitative estimate of drug-likeness (QED) is 0.362. The molecule has 0 aliphatic carbocycles. The first kappa shape index (κ1) is 30.7. The predicted octanol–water partition coefficient (Wildman–Crippen LogP) is 4.76. The van der Waals surface area contributed by atoms with E-state index in [0.717, 1.165) is 26.6 Å². The van der Waals surface area contributed by atoms with E-state index in [2.05, 4.69) is 5.32 Å². The highest BCUT2D eigenvalue weighted by atomic mass is 32.2. The summed E-state index contributed by atoms with van der Waals surface area (Å²) in [6.45, 7) is 10.6. The first-order valence-electron chi connectivity index (χ1n) is 13.2. The van der Waals surface area contributed by atoms with Crippen LogP contribution in [0.3, 0.4) is 0 Å². The number of amides is 2. The molecule has 3 aromatic carbocycles. The van der Waals surface area contributed by atoms with Gasteiger partial charge in [0, 0.05) is 12.6 Å². The second-order valence-electron chi connectivity index (χ2n) is 10.4. The highest BCUT2D eigenvalue weighted by Gasteiger charge is 2.32. The number of sulfonamides is 1. The fourth-order valence-corrected chi connectivity index (χ4v) is 5.77. The summed E-state index contributed by atoms with van der Waals surface area (Å²) in [6.07, 6.45) is 0. The predicted molar refractivity (Wildman–Crippen MR) is 158 cm³/mol. The standard InChI is InChI=1S/C31H39N3O5S/c1-21(2)32-31(36)25(6)33(19-26-10-12-28(39-7)13-11-26)30(35)20-34(27-17-23(4)16-24(5)18-27)40(37,38)29-14-8-22(3)9-15-29/h8-18,21,25H,19-20H2,1-7H3,(H,32,36)/t25-/m1/s1. The molecule has 0 unspecified atom stereocenters. The molecule has 8 nitrogen and oxygen atoms in total. The maximum Gasteiger partial charge on any atom is 0.264 e. The van der Waals surface area contributed by atoms with Crippen LogP contribution in [0.5, 0.6) is 5.75 Å². The van der Waals surface area contributed by atoms with Gasteiger partial charge < -0.3 is 15.0 Å². The van der Waals surface area contributed by atoms with E-state index in [-0.39, 0.29) is 23.4 Å². The van der Waals surface area contributed by atoms with Gasteiger partial charge in [0.15, 0.2) is 0 Å². The molecule has 0 fully saturated rings. The van der Waals surface area contributed by atoms with Crippen molar-refractivity contribution in [3.63, 3.8) is 0 Å². The molecule has 0 aliphatic heterocycles. The van der Waals surface area contributed by atoms with Gasteiger partial charge in [-0.15, -0.1) is 0 Å². The van der Waals surface area contributed by atoms with E-state index in [1.165, 1.54) is 4.90 Å². The number of hydrogen-bond donors (Lipinski definition) is 1. The van der Waals surface area contributed by atoms with E-state index in [1.807, 2.05) is 52.8 Å². The maximum absolute atomic E-state index is 14.0. The number of benzene rings is 3. The summed E-state index contributed by atoms with van der Waals surface area (Å²) < 4.78 is 34.3. The highest BCUT2D eigenvalue weighted by Crippen LogP contribution is 2.27. The molecule has 40 heavy (non-hydrogen) atoms. The van der Waals surface area contributed by atoms with E-state index in [4.69, 9.17) is 4.74 Å². The van der Waals surface area contributed by atoms with E-state index < -0.39 is 28.5 Å². The Balaban J connectivity index is 2.05. The molecular formula is C31H39N3O5S. The molecule has 1 N–H and O–H groups in total. The Bertz CT molecular complexity index is 1410. The maximum atomic E-state index is 14.0. The molecule has 0 aromatic heterocycles. The van der Waals surface area contributed by atoms with Crippen molar-refractivity contribution in [2.75, 3.05) is 18.0 Å². The van der Waals surface area contributed by atoms with Crippen molar-refractivity contribution in [3.8, 4) is 5.75 Å². The van der Waals surface area contributed by atoms with E-state index in [1.54, 1.807) is 62.6 Å². The largest absolute Gasteiger partial charge is 0.497 e. The topological polar surface area (TPSA) is 96.0 Å². The molecule has 0 bridgehead atoms. The summed E-state index contributed by atoms with van der Waals surface area (Å²) in [5, 5.41) is 2.86. The molecular weight excluding hydrogens is 526 g/mol. The number of carbonyl (C=O) groups is 2. The van der Waals surface area contributed by atoms with Gasteiger partial charge in [-0.1, -0.05) is 35.9 Å². The summed E-state index contributed by atoms with van der Waals surface area (Å²) in [6, 6.07) is 18.2. The third kappa shape index (κ3) is 7.63. The highest BCUT2D eigenvalue weighted by molar-refractivity contribution is 7.92. The van der Waals surface area contributed by atoms with Gasteiger partial charge >= 0.3 is 0 Å². The van der Waals surface area contributed by atoms with Gasteiger partial charge in [-0.05, 0) is 94.6 Å². The fourth-order valence-electron chi connectivity index (χ4n) is 4.38. The number of nitrogens with zero attached hydrogens (tertiary/aromatic N) is 2. The minimum absolute atomic E-state index is 0.0809. The van der Waals surface area contributed by atoms with Crippen molar-refractivity contribution < 1.29 is 22.7 Å². The molecule has 0 saturated carbocycles. The molecule has 3 aromatic rings. The van der Waals surface area contributed by atoms with Crippen molar-refractivity contribution in [2.45, 2.75) is 65.1 Å². The smallest absolute Gasteiger partial charge is 0.264 e. The van der Waals surface area contributed by atoms with Crippen LogP contribution in [0.15, 0.2) is 71.6 Å². The molecule has 0 spiro atoms. The number of ether oxygens (including phenoxy) is 1. The lowest BCUT2D eigenvalue weighted by molar-refractivity contribution is -0.139. The summed E-state index contributed by atoms with van der Waals surface area (Å²) in [7, 11) is -2.54. The van der Waals surface area contributed by atoms with Crippen molar-refractivity contribution in [2.24, 2.45) is 0 Å². The summed E-state index contributed by atoms with van der Waals surface area (Å²) >= 11 is 0. The number of anilines is 1. The van der Waals surface area contributed by atoms with Crippen molar-refractivity contribution in [3.05, 3.63) is 89.0 Å². The van der Waals surface area contributed by atoms with Crippen LogP contribution in [0.25, 0.3) is 0 Å². The lowest BCUT2D eigenvalue weighted by atomic mass is 10.1. The summed E-state index contributed by atoms with van der Waals surface area (Å²) in [5.74, 6) is -0.161. The second-order valence-corrected chi connectivity index (χ2v) is 12.2. The average Bonchev–Trinajstić information content (AvgIpc) is 2.89. The number of nitrogens with one attached hydrogen (secondary N) is 1. The van der Waals surface area contributed by atoms with Gasteiger partial charge in [0.2, 0.25) is 11.8 Å². The molecule has 0 aliphatic rings. The molecule has 0 heterocycles. The van der Waals surface area contributed by atoms with Crippen molar-refractivity contribution in [1.29, 1.82) is 0 Å². The Morgan fingerprint density at radius 1 is 0.850 bits per heavy atom. The van der Waals surface area contributed by atoms with Crippen LogP contribution in [0.1, 0.15) is 43.0 Å². The van der Waals surface area contributed by atoms with Gasteiger partial charge in [0.1, 0.15) is 18.3 Å². The van der Waals surface area contributed by atoms with E-state index in [0.29, 0.717) is 11.4 Å². The third-order valence-corrected chi connectivity index (χ3v) is 8.28. The Kier molecular flexibility index (Phi) is 9.98. The van der Waals surface area contributed by atoms with Crippen LogP contribution < -0.4 is 14.4 Å².